The number of pyridine rings is 3. The van der Waals surface area contributed by atoms with Gasteiger partial charge in [0.15, 0.2) is 5.78 Å². The van der Waals surface area contributed by atoms with E-state index in [-0.39, 0.29) is 25.3 Å². The molecule has 5 aromatic rings. The summed E-state index contributed by atoms with van der Waals surface area (Å²) in [6, 6.07) is 23.9. The summed E-state index contributed by atoms with van der Waals surface area (Å²) in [7, 11) is 0. The molecule has 5 rings (SSSR count). The van der Waals surface area contributed by atoms with E-state index in [1.807, 2.05) is 48.5 Å². The first-order valence-electron chi connectivity index (χ1n) is 11.0. The molecule has 0 aliphatic rings. The minimum Gasteiger partial charge on any atom is -0.753 e. The largest absolute Gasteiger partial charge is 2.00 e. The van der Waals surface area contributed by atoms with Crippen LogP contribution >= 0.6 is 59.3 Å². The number of carbonyl (C=O) groups excluding carboxylic acids is 1. The van der Waals surface area contributed by atoms with Crippen LogP contribution in [0.25, 0.3) is 59.2 Å². The van der Waals surface area contributed by atoms with Gasteiger partial charge in [-0.05, 0) is 73.2 Å². The van der Waals surface area contributed by atoms with Crippen LogP contribution in [0.3, 0.4) is 0 Å². The first kappa shape index (κ1) is 35.6. The summed E-state index contributed by atoms with van der Waals surface area (Å²) in [6.07, 6.45) is 3.55. The number of rotatable bonds is 5. The second-order valence-electron chi connectivity index (χ2n) is 7.21. The monoisotopic (exact) mass is 715 g/mol. The average molecular weight is 715 g/mol. The van der Waals surface area contributed by atoms with Crippen LogP contribution in [0.4, 0.5) is 0 Å². The molecule has 0 bridgehead atoms. The summed E-state index contributed by atoms with van der Waals surface area (Å²) in [6.45, 7) is 1.60. The van der Waals surface area contributed by atoms with Crippen molar-refractivity contribution in [3.63, 3.8) is 0 Å². The Balaban J connectivity index is 0.000000750. The Morgan fingerprint density at radius 2 is 1.12 bits per heavy atom. The summed E-state index contributed by atoms with van der Waals surface area (Å²) in [5.74, 6) is 0.0992. The molecular weight excluding hydrogens is 698 g/mol. The van der Waals surface area contributed by atoms with Crippen LogP contribution in [0.5, 0.6) is 0 Å². The van der Waals surface area contributed by atoms with Gasteiger partial charge in [0, 0.05) is 27.0 Å². The number of isothiocyanates is 3. The molecule has 5 heterocycles. The Hall–Kier alpha value is -3.46. The Bertz CT molecular complexity index is 1570. The summed E-state index contributed by atoms with van der Waals surface area (Å²) < 4.78 is 0. The molecule has 0 unspecified atom stereocenters. The minimum absolute atomic E-state index is 0. The molecule has 5 aromatic heterocycles. The Labute approximate surface area is 274 Å². The second-order valence-corrected chi connectivity index (χ2v) is 9.93. The first-order valence-corrected chi connectivity index (χ1v) is 13.9. The molecule has 204 valence electrons. The zero-order chi connectivity index (χ0) is 29.3. The molecule has 0 spiro atoms. The number of aromatic nitrogens is 3. The van der Waals surface area contributed by atoms with Crippen molar-refractivity contribution in [1.29, 1.82) is 0 Å². The predicted octanol–water partition coefficient (Wildman–Crippen LogP) is 8.84. The van der Waals surface area contributed by atoms with Crippen molar-refractivity contribution in [2.24, 2.45) is 0 Å². The molecule has 0 aliphatic heterocycles. The van der Waals surface area contributed by atoms with E-state index >= 15 is 0 Å². The van der Waals surface area contributed by atoms with Crippen LogP contribution in [-0.4, -0.2) is 36.2 Å². The summed E-state index contributed by atoms with van der Waals surface area (Å²) in [4.78, 5) is 29.6. The number of Topliss-reactive ketones (excluding diaryl/α,β-unsaturated/α-hetero) is 1. The van der Waals surface area contributed by atoms with Gasteiger partial charge < -0.3 is 16.2 Å². The molecule has 41 heavy (non-hydrogen) atoms. The fraction of sp³-hybridized carbons (Fsp3) is 0.0357. The zero-order valence-electron chi connectivity index (χ0n) is 21.1. The van der Waals surface area contributed by atoms with Gasteiger partial charge in [-0.1, -0.05) is 48.8 Å². The number of thiophene rings is 2. The van der Waals surface area contributed by atoms with E-state index in [0.717, 1.165) is 47.8 Å². The Morgan fingerprint density at radius 1 is 0.683 bits per heavy atom. The quantitative estimate of drug-likeness (QED) is 0.0772. The smallest absolute Gasteiger partial charge is 0.753 e. The van der Waals surface area contributed by atoms with E-state index in [1.165, 1.54) is 26.8 Å². The standard InChI is InChI=1S/C25H17N3OS2.3CNS.Ru/c1-16(29)22-8-10-24(30-22)25-11-9-23(31-25)17-14-20(18-6-2-4-12-26-18)28-21(15-17)19-7-3-5-13-27-19;3*2-1-3;/h2-15H,1H3;;;;/q;3*-1;+2. The van der Waals surface area contributed by atoms with Gasteiger partial charge in [0.05, 0.1) is 27.7 Å². The van der Waals surface area contributed by atoms with Gasteiger partial charge in [-0.25, -0.2) is 4.98 Å². The van der Waals surface area contributed by atoms with Crippen molar-refractivity contribution < 1.29 is 24.3 Å². The third kappa shape index (κ3) is 11.1. The third-order valence-electron chi connectivity index (χ3n) is 4.77. The van der Waals surface area contributed by atoms with Gasteiger partial charge in [0.25, 0.3) is 0 Å². The van der Waals surface area contributed by atoms with Gasteiger partial charge in [-0.2, -0.15) is 15.5 Å². The molecule has 0 saturated carbocycles. The second kappa shape index (κ2) is 19.6. The number of hydrogen-bond donors (Lipinski definition) is 0. The fourth-order valence-electron chi connectivity index (χ4n) is 3.25. The number of nitrogens with zero attached hydrogens (tertiary/aromatic N) is 6. The maximum atomic E-state index is 11.7. The summed E-state index contributed by atoms with van der Waals surface area (Å²) in [5, 5.41) is 25.4. The Kier molecular flexibility index (Phi) is 17.0. The summed E-state index contributed by atoms with van der Waals surface area (Å²) in [5.41, 5.74) is 4.33. The topological polar surface area (TPSA) is 123 Å². The van der Waals surface area contributed by atoms with Gasteiger partial charge in [-0.3, -0.25) is 14.8 Å². The van der Waals surface area contributed by atoms with Crippen molar-refractivity contribution in [3.05, 3.63) is 106 Å². The van der Waals surface area contributed by atoms with Crippen LogP contribution in [0, 0.1) is 0 Å². The van der Waals surface area contributed by atoms with Gasteiger partial charge >= 0.3 is 19.5 Å². The Morgan fingerprint density at radius 3 is 1.54 bits per heavy atom. The molecule has 0 atom stereocenters. The van der Waals surface area contributed by atoms with Gasteiger partial charge in [-0.15, -0.1) is 22.7 Å². The molecule has 0 radical (unpaired) electrons. The van der Waals surface area contributed by atoms with Crippen molar-refractivity contribution in [3.8, 4) is 43.0 Å². The molecule has 0 aromatic carbocycles. The molecule has 13 heteroatoms. The van der Waals surface area contributed by atoms with Crippen molar-refractivity contribution >= 4 is 80.6 Å². The normalized spacial score (nSPS) is 8.80. The van der Waals surface area contributed by atoms with Crippen LogP contribution in [-0.2, 0) is 19.5 Å². The van der Waals surface area contributed by atoms with Crippen LogP contribution < -0.4 is 0 Å². The molecule has 0 saturated heterocycles. The van der Waals surface area contributed by atoms with E-state index in [2.05, 4.69) is 70.9 Å². The van der Waals surface area contributed by atoms with E-state index in [9.17, 15) is 4.79 Å². The molecule has 0 N–H and O–H groups in total. The number of carbonyl (C=O) groups is 1. The average Bonchev–Trinajstić information content (AvgIpc) is 3.66. The molecule has 7 nitrogen and oxygen atoms in total. The van der Waals surface area contributed by atoms with E-state index in [0.29, 0.717) is 0 Å². The van der Waals surface area contributed by atoms with Crippen LogP contribution in [0.15, 0.2) is 85.2 Å². The maximum Gasteiger partial charge on any atom is 2.00 e. The predicted molar refractivity (Wildman–Crippen MR) is 175 cm³/mol. The molecular formula is C28H17N6ORuS5-. The van der Waals surface area contributed by atoms with E-state index in [4.69, 9.17) is 21.2 Å². The molecule has 0 aliphatic carbocycles. The number of thiocarbonyl (C=S) groups is 3. The minimum atomic E-state index is 0. The fourth-order valence-corrected chi connectivity index (χ4v) is 5.23. The van der Waals surface area contributed by atoms with Crippen molar-refractivity contribution in [2.45, 2.75) is 6.92 Å². The zero-order valence-corrected chi connectivity index (χ0v) is 26.9. The van der Waals surface area contributed by atoms with Crippen LogP contribution in [0.2, 0.25) is 0 Å². The number of ketones is 1. The maximum absolute atomic E-state index is 11.7. The van der Waals surface area contributed by atoms with E-state index < -0.39 is 0 Å². The number of hydrogen-bond acceptors (Lipinski definition) is 9. The molecule has 0 fully saturated rings. The van der Waals surface area contributed by atoms with Gasteiger partial charge in [0.2, 0.25) is 0 Å². The SMILES string of the molecule is CC(=O)c1ccc(-c2ccc(-c3cc(-c4ccccn4)nc(-c4ccccn4)c3)s2)s1.[N-]=C=S.[N-]=C=S.[N-]=C=S.[Ru+2]. The van der Waals surface area contributed by atoms with Crippen molar-refractivity contribution in [1.82, 2.24) is 15.0 Å². The summed E-state index contributed by atoms with van der Waals surface area (Å²) >= 11 is 14.3. The first-order chi connectivity index (χ1) is 19.4. The van der Waals surface area contributed by atoms with Gasteiger partial charge in [0.1, 0.15) is 0 Å². The van der Waals surface area contributed by atoms with Crippen molar-refractivity contribution in [2.75, 3.05) is 0 Å². The molecule has 0 amide bonds. The van der Waals surface area contributed by atoms with E-state index in [1.54, 1.807) is 30.7 Å². The van der Waals surface area contributed by atoms with Crippen LogP contribution in [0.1, 0.15) is 16.6 Å². The third-order valence-corrected chi connectivity index (χ3v) is 7.28.